The molecule has 1 aliphatic rings. The molecule has 156 valence electrons. The van der Waals surface area contributed by atoms with Crippen LogP contribution in [0.3, 0.4) is 0 Å². The Morgan fingerprint density at radius 2 is 1.26 bits per heavy atom. The van der Waals surface area contributed by atoms with Crippen LogP contribution in [0.5, 0.6) is 0 Å². The SMILES string of the molecule is Cc1ccccc1NC(=O)C1CC=CCC1C(=O)N(c1ccccc1)c1ccccc1. The van der Waals surface area contributed by atoms with E-state index in [-0.39, 0.29) is 11.8 Å². The molecule has 3 aromatic carbocycles. The van der Waals surface area contributed by atoms with E-state index >= 15 is 0 Å². The minimum Gasteiger partial charge on any atom is -0.326 e. The van der Waals surface area contributed by atoms with E-state index in [1.54, 1.807) is 4.90 Å². The van der Waals surface area contributed by atoms with Gasteiger partial charge in [-0.1, -0.05) is 66.7 Å². The number of carbonyl (C=O) groups excluding carboxylic acids is 2. The van der Waals surface area contributed by atoms with Gasteiger partial charge in [0, 0.05) is 17.1 Å². The van der Waals surface area contributed by atoms with Crippen molar-refractivity contribution in [1.29, 1.82) is 0 Å². The van der Waals surface area contributed by atoms with Crippen LogP contribution < -0.4 is 10.2 Å². The zero-order chi connectivity index (χ0) is 21.6. The summed E-state index contributed by atoms with van der Waals surface area (Å²) in [5.74, 6) is -1.04. The van der Waals surface area contributed by atoms with E-state index in [1.165, 1.54) is 0 Å². The van der Waals surface area contributed by atoms with E-state index in [0.717, 1.165) is 22.6 Å². The van der Waals surface area contributed by atoms with Gasteiger partial charge in [0.25, 0.3) is 0 Å². The molecular weight excluding hydrogens is 384 g/mol. The normalized spacial score (nSPS) is 17.7. The van der Waals surface area contributed by atoms with Crippen molar-refractivity contribution in [3.05, 3.63) is 103 Å². The predicted molar refractivity (Wildman–Crippen MR) is 125 cm³/mol. The Hall–Kier alpha value is -3.66. The van der Waals surface area contributed by atoms with Crippen molar-refractivity contribution < 1.29 is 9.59 Å². The van der Waals surface area contributed by atoms with Gasteiger partial charge in [0.15, 0.2) is 0 Å². The number of carbonyl (C=O) groups is 2. The maximum absolute atomic E-state index is 13.8. The second-order valence-electron chi connectivity index (χ2n) is 7.80. The largest absolute Gasteiger partial charge is 0.326 e. The van der Waals surface area contributed by atoms with Crippen LogP contribution in [0, 0.1) is 18.8 Å². The molecule has 1 aliphatic carbocycles. The molecule has 3 aromatic rings. The number of nitrogens with zero attached hydrogens (tertiary/aromatic N) is 1. The summed E-state index contributed by atoms with van der Waals surface area (Å²) in [4.78, 5) is 28.8. The number of aryl methyl sites for hydroxylation is 1. The standard InChI is InChI=1S/C27H26N2O2/c1-20-12-8-11-19-25(20)28-26(30)23-17-9-10-18-24(23)27(31)29(21-13-4-2-5-14-21)22-15-6-3-7-16-22/h2-16,19,23-24H,17-18H2,1H3,(H,28,30). The lowest BCUT2D eigenvalue weighted by atomic mass is 9.81. The van der Waals surface area contributed by atoms with E-state index in [4.69, 9.17) is 0 Å². The van der Waals surface area contributed by atoms with E-state index in [1.807, 2.05) is 104 Å². The van der Waals surface area contributed by atoms with Gasteiger partial charge in [-0.25, -0.2) is 0 Å². The van der Waals surface area contributed by atoms with Crippen LogP contribution in [-0.4, -0.2) is 11.8 Å². The van der Waals surface area contributed by atoms with Gasteiger partial charge < -0.3 is 5.32 Å². The van der Waals surface area contributed by atoms with Crippen molar-refractivity contribution in [3.63, 3.8) is 0 Å². The maximum Gasteiger partial charge on any atom is 0.235 e. The Labute approximate surface area is 183 Å². The van der Waals surface area contributed by atoms with Crippen LogP contribution in [0.1, 0.15) is 18.4 Å². The molecule has 31 heavy (non-hydrogen) atoms. The summed E-state index contributed by atoms with van der Waals surface area (Å²) in [5, 5.41) is 3.04. The third-order valence-electron chi connectivity index (χ3n) is 5.74. The first kappa shape index (κ1) is 20.6. The smallest absolute Gasteiger partial charge is 0.235 e. The Morgan fingerprint density at radius 1 is 0.742 bits per heavy atom. The number of hydrogen-bond acceptors (Lipinski definition) is 2. The highest BCUT2D eigenvalue weighted by Crippen LogP contribution is 2.34. The van der Waals surface area contributed by atoms with E-state index in [9.17, 15) is 9.59 Å². The Balaban J connectivity index is 1.64. The van der Waals surface area contributed by atoms with Gasteiger partial charge >= 0.3 is 0 Å². The van der Waals surface area contributed by atoms with Crippen LogP contribution in [0.15, 0.2) is 97.1 Å². The van der Waals surface area contributed by atoms with Crippen molar-refractivity contribution in [2.75, 3.05) is 10.2 Å². The summed E-state index contributed by atoms with van der Waals surface area (Å²) in [5.41, 5.74) is 3.38. The second-order valence-corrected chi connectivity index (χ2v) is 7.80. The molecule has 4 nitrogen and oxygen atoms in total. The van der Waals surface area contributed by atoms with Crippen LogP contribution in [0.4, 0.5) is 17.1 Å². The molecule has 2 amide bonds. The molecule has 0 heterocycles. The number of para-hydroxylation sites is 3. The second kappa shape index (κ2) is 9.43. The average molecular weight is 411 g/mol. The van der Waals surface area contributed by atoms with Gasteiger partial charge in [-0.15, -0.1) is 0 Å². The molecule has 4 heteroatoms. The molecule has 0 fully saturated rings. The Bertz CT molecular complexity index is 1040. The van der Waals surface area contributed by atoms with Crippen LogP contribution in [0.2, 0.25) is 0 Å². The number of nitrogens with one attached hydrogen (secondary N) is 1. The number of rotatable bonds is 5. The molecule has 1 N–H and O–H groups in total. The van der Waals surface area contributed by atoms with Gasteiger partial charge in [0.2, 0.25) is 11.8 Å². The van der Waals surface area contributed by atoms with Crippen molar-refractivity contribution in [3.8, 4) is 0 Å². The molecule has 0 bridgehead atoms. The van der Waals surface area contributed by atoms with Crippen LogP contribution in [-0.2, 0) is 9.59 Å². The molecule has 0 aliphatic heterocycles. The molecular formula is C27H26N2O2. The number of allylic oxidation sites excluding steroid dienone is 2. The fourth-order valence-corrected chi connectivity index (χ4v) is 4.04. The molecule has 0 radical (unpaired) electrons. The van der Waals surface area contributed by atoms with Crippen molar-refractivity contribution >= 4 is 28.9 Å². The summed E-state index contributed by atoms with van der Waals surface area (Å²) in [6.07, 6.45) is 5.10. The van der Waals surface area contributed by atoms with Gasteiger partial charge in [-0.05, 0) is 55.7 Å². The fourth-order valence-electron chi connectivity index (χ4n) is 4.04. The molecule has 0 saturated carbocycles. The van der Waals surface area contributed by atoms with E-state index in [0.29, 0.717) is 12.8 Å². The lowest BCUT2D eigenvalue weighted by molar-refractivity contribution is -0.130. The van der Waals surface area contributed by atoms with Crippen LogP contribution in [0.25, 0.3) is 0 Å². The lowest BCUT2D eigenvalue weighted by Crippen LogP contribution is -2.41. The number of hydrogen-bond donors (Lipinski definition) is 1. The third kappa shape index (κ3) is 4.58. The third-order valence-corrected chi connectivity index (χ3v) is 5.74. The first-order chi connectivity index (χ1) is 15.1. The summed E-state index contributed by atoms with van der Waals surface area (Å²) in [7, 11) is 0. The number of benzene rings is 3. The molecule has 2 atom stereocenters. The first-order valence-corrected chi connectivity index (χ1v) is 10.6. The van der Waals surface area contributed by atoms with Gasteiger partial charge in [-0.2, -0.15) is 0 Å². The van der Waals surface area contributed by atoms with Crippen molar-refractivity contribution in [2.24, 2.45) is 11.8 Å². The van der Waals surface area contributed by atoms with Crippen LogP contribution >= 0.6 is 0 Å². The quantitative estimate of drug-likeness (QED) is 0.534. The summed E-state index contributed by atoms with van der Waals surface area (Å²) in [6, 6.07) is 26.9. The minimum atomic E-state index is -0.436. The van der Waals surface area contributed by atoms with E-state index < -0.39 is 11.8 Å². The lowest BCUT2D eigenvalue weighted by Gasteiger charge is -2.32. The zero-order valence-electron chi connectivity index (χ0n) is 17.6. The predicted octanol–water partition coefficient (Wildman–Crippen LogP) is 5.88. The first-order valence-electron chi connectivity index (χ1n) is 10.6. The van der Waals surface area contributed by atoms with E-state index in [2.05, 4.69) is 5.32 Å². The Morgan fingerprint density at radius 3 is 1.84 bits per heavy atom. The highest BCUT2D eigenvalue weighted by Gasteiger charge is 2.37. The molecule has 0 spiro atoms. The summed E-state index contributed by atoms with van der Waals surface area (Å²) >= 11 is 0. The zero-order valence-corrected chi connectivity index (χ0v) is 17.6. The molecule has 4 rings (SSSR count). The average Bonchev–Trinajstić information content (AvgIpc) is 2.82. The number of anilines is 3. The fraction of sp³-hybridized carbons (Fsp3) is 0.185. The monoisotopic (exact) mass is 410 g/mol. The highest BCUT2D eigenvalue weighted by molar-refractivity contribution is 6.05. The molecule has 2 unspecified atom stereocenters. The maximum atomic E-state index is 13.8. The Kier molecular flexibility index (Phi) is 6.27. The van der Waals surface area contributed by atoms with Crippen molar-refractivity contribution in [2.45, 2.75) is 19.8 Å². The topological polar surface area (TPSA) is 49.4 Å². The van der Waals surface area contributed by atoms with Gasteiger partial charge in [0.05, 0.1) is 11.8 Å². The molecule has 0 aromatic heterocycles. The number of amides is 2. The summed E-state index contributed by atoms with van der Waals surface area (Å²) in [6.45, 7) is 1.96. The van der Waals surface area contributed by atoms with Crippen molar-refractivity contribution in [1.82, 2.24) is 0 Å². The highest BCUT2D eigenvalue weighted by atomic mass is 16.2. The van der Waals surface area contributed by atoms with Gasteiger partial charge in [-0.3, -0.25) is 14.5 Å². The summed E-state index contributed by atoms with van der Waals surface area (Å²) < 4.78 is 0. The molecule has 0 saturated heterocycles. The van der Waals surface area contributed by atoms with Gasteiger partial charge in [0.1, 0.15) is 0 Å². The minimum absolute atomic E-state index is 0.0633.